The van der Waals surface area contributed by atoms with Gasteiger partial charge in [-0.2, -0.15) is 0 Å². The van der Waals surface area contributed by atoms with Crippen molar-refractivity contribution in [2.24, 2.45) is 14.1 Å². The Labute approximate surface area is 212 Å². The Balaban J connectivity index is 1.20. The fraction of sp³-hybridized carbons (Fsp3) is 0.269. The molecule has 0 bridgehead atoms. The highest BCUT2D eigenvalue weighted by Crippen LogP contribution is 2.24. The molecule has 1 fully saturated rings. The van der Waals surface area contributed by atoms with Crippen LogP contribution in [-0.4, -0.2) is 57.7 Å². The fourth-order valence-electron chi connectivity index (χ4n) is 4.46. The zero-order valence-electron chi connectivity index (χ0n) is 20.0. The number of piperazine rings is 1. The highest BCUT2D eigenvalue weighted by Gasteiger charge is 2.22. The molecular weight excluding hydrogens is 482 g/mol. The Bertz CT molecular complexity index is 1550. The Morgan fingerprint density at radius 3 is 2.39 bits per heavy atom. The Hall–Kier alpha value is -3.98. The first-order valence-electron chi connectivity index (χ1n) is 11.6. The minimum absolute atomic E-state index is 0.0406. The molecule has 1 amide bonds. The molecule has 1 saturated heterocycles. The number of nitrogens with one attached hydrogen (secondary N) is 1. The molecule has 4 aromatic rings. The van der Waals surface area contributed by atoms with Crippen molar-refractivity contribution < 1.29 is 9.53 Å². The van der Waals surface area contributed by atoms with E-state index >= 15 is 0 Å². The zero-order valence-corrected chi connectivity index (χ0v) is 20.8. The summed E-state index contributed by atoms with van der Waals surface area (Å²) < 4.78 is 8.25. The van der Waals surface area contributed by atoms with E-state index in [1.54, 1.807) is 25.2 Å². The van der Waals surface area contributed by atoms with Crippen LogP contribution in [0.1, 0.15) is 0 Å². The van der Waals surface area contributed by atoms with Crippen molar-refractivity contribution in [2.45, 2.75) is 0 Å². The highest BCUT2D eigenvalue weighted by atomic mass is 35.5. The first-order chi connectivity index (χ1) is 17.3. The van der Waals surface area contributed by atoms with Crippen LogP contribution >= 0.6 is 11.6 Å². The van der Waals surface area contributed by atoms with Gasteiger partial charge in [-0.15, -0.1) is 0 Å². The van der Waals surface area contributed by atoms with E-state index in [9.17, 15) is 14.4 Å². The number of nitrogens with zero attached hydrogens (tertiary/aromatic N) is 4. The van der Waals surface area contributed by atoms with E-state index in [0.29, 0.717) is 40.6 Å². The number of anilines is 1. The van der Waals surface area contributed by atoms with Crippen LogP contribution in [0.2, 0.25) is 5.02 Å². The maximum atomic E-state index is 12.7. The number of fused-ring (bicyclic) bond motifs is 1. The highest BCUT2D eigenvalue weighted by molar-refractivity contribution is 6.30. The number of hydrogen-bond donors (Lipinski definition) is 1. The van der Waals surface area contributed by atoms with Crippen molar-refractivity contribution in [3.05, 3.63) is 80.5 Å². The van der Waals surface area contributed by atoms with E-state index in [-0.39, 0.29) is 23.8 Å². The molecule has 5 rings (SSSR count). The zero-order chi connectivity index (χ0) is 25.4. The van der Waals surface area contributed by atoms with Gasteiger partial charge in [0.15, 0.2) is 6.61 Å². The van der Waals surface area contributed by atoms with Crippen LogP contribution in [0.4, 0.5) is 5.69 Å². The molecule has 2 aromatic carbocycles. The molecular formula is C26H26ClN5O4. The summed E-state index contributed by atoms with van der Waals surface area (Å²) in [6.07, 6.45) is 0. The van der Waals surface area contributed by atoms with E-state index in [0.717, 1.165) is 28.9 Å². The van der Waals surface area contributed by atoms with Crippen LogP contribution in [-0.2, 0) is 18.9 Å². The quantitative estimate of drug-likeness (QED) is 0.448. The minimum atomic E-state index is -0.377. The molecule has 0 aliphatic carbocycles. The lowest BCUT2D eigenvalue weighted by molar-refractivity contribution is -0.133. The third-order valence-corrected chi connectivity index (χ3v) is 6.82. The SMILES string of the molecule is Cn1c(=O)c2[nH]c(-c3ccc(OCC(=O)N4CCN(c5cccc(Cl)c5)CC4)cc3)cc2n(C)c1=O. The van der Waals surface area contributed by atoms with Gasteiger partial charge in [0, 0.05) is 56.7 Å². The molecule has 0 atom stereocenters. The molecule has 1 aliphatic heterocycles. The van der Waals surface area contributed by atoms with Crippen LogP contribution < -0.4 is 20.9 Å². The normalized spacial score (nSPS) is 13.9. The third-order valence-electron chi connectivity index (χ3n) is 6.58. The molecule has 1 N–H and O–H groups in total. The first-order valence-corrected chi connectivity index (χ1v) is 12.0. The average molecular weight is 508 g/mol. The Morgan fingerprint density at radius 1 is 0.972 bits per heavy atom. The number of halogens is 1. The number of hydrogen-bond acceptors (Lipinski definition) is 5. The smallest absolute Gasteiger partial charge is 0.331 e. The van der Waals surface area contributed by atoms with Crippen molar-refractivity contribution in [3.8, 4) is 17.0 Å². The van der Waals surface area contributed by atoms with Gasteiger partial charge in [0.2, 0.25) is 0 Å². The van der Waals surface area contributed by atoms with Gasteiger partial charge in [-0.05, 0) is 54.1 Å². The Kier molecular flexibility index (Phi) is 6.32. The average Bonchev–Trinajstić information content (AvgIpc) is 3.35. The number of amides is 1. The summed E-state index contributed by atoms with van der Waals surface area (Å²) in [7, 11) is 3.09. The van der Waals surface area contributed by atoms with Gasteiger partial charge in [0.05, 0.1) is 5.52 Å². The number of ether oxygens (including phenoxy) is 1. The topological polar surface area (TPSA) is 92.6 Å². The number of rotatable bonds is 5. The molecule has 0 saturated carbocycles. The lowest BCUT2D eigenvalue weighted by Crippen LogP contribution is -2.50. The van der Waals surface area contributed by atoms with Crippen LogP contribution in [0.25, 0.3) is 22.3 Å². The van der Waals surface area contributed by atoms with Crippen molar-refractivity contribution >= 4 is 34.2 Å². The van der Waals surface area contributed by atoms with E-state index in [4.69, 9.17) is 16.3 Å². The first kappa shape index (κ1) is 23.7. The summed E-state index contributed by atoms with van der Waals surface area (Å²) >= 11 is 6.09. The van der Waals surface area contributed by atoms with Gasteiger partial charge in [-0.1, -0.05) is 17.7 Å². The number of benzene rings is 2. The minimum Gasteiger partial charge on any atom is -0.484 e. The predicted octanol–water partition coefficient (Wildman–Crippen LogP) is 2.61. The molecule has 0 spiro atoms. The maximum Gasteiger partial charge on any atom is 0.331 e. The van der Waals surface area contributed by atoms with Gasteiger partial charge in [-0.3, -0.25) is 18.7 Å². The number of H-pyrrole nitrogens is 1. The monoisotopic (exact) mass is 507 g/mol. The second-order valence-corrected chi connectivity index (χ2v) is 9.25. The summed E-state index contributed by atoms with van der Waals surface area (Å²) in [6.45, 7) is 2.67. The van der Waals surface area contributed by atoms with Crippen molar-refractivity contribution in [3.63, 3.8) is 0 Å². The molecule has 186 valence electrons. The van der Waals surface area contributed by atoms with Crippen molar-refractivity contribution in [1.82, 2.24) is 19.0 Å². The number of aromatic amines is 1. The molecule has 0 unspecified atom stereocenters. The molecule has 0 radical (unpaired) electrons. The largest absolute Gasteiger partial charge is 0.484 e. The summed E-state index contributed by atoms with van der Waals surface area (Å²) in [5, 5.41) is 0.699. The van der Waals surface area contributed by atoms with E-state index in [1.807, 2.05) is 41.3 Å². The van der Waals surface area contributed by atoms with Crippen LogP contribution in [0, 0.1) is 0 Å². The summed E-state index contributed by atoms with van der Waals surface area (Å²) in [5.41, 5.74) is 2.77. The molecule has 10 heteroatoms. The van der Waals surface area contributed by atoms with Gasteiger partial charge < -0.3 is 19.5 Å². The van der Waals surface area contributed by atoms with Gasteiger partial charge in [0.25, 0.3) is 11.5 Å². The lowest BCUT2D eigenvalue weighted by atomic mass is 10.1. The maximum absolute atomic E-state index is 12.7. The summed E-state index contributed by atoms with van der Waals surface area (Å²) in [5.74, 6) is 0.515. The lowest BCUT2D eigenvalue weighted by Gasteiger charge is -2.36. The van der Waals surface area contributed by atoms with Gasteiger partial charge in [-0.25, -0.2) is 4.79 Å². The van der Waals surface area contributed by atoms with Crippen LogP contribution in [0.5, 0.6) is 5.75 Å². The second kappa shape index (κ2) is 9.58. The van der Waals surface area contributed by atoms with Crippen LogP contribution in [0.3, 0.4) is 0 Å². The predicted molar refractivity (Wildman–Crippen MR) is 140 cm³/mol. The number of carbonyl (C=O) groups excluding carboxylic acids is 1. The van der Waals surface area contributed by atoms with Crippen molar-refractivity contribution in [2.75, 3.05) is 37.7 Å². The number of carbonyl (C=O) groups is 1. The third kappa shape index (κ3) is 4.49. The number of aryl methyl sites for hydroxylation is 1. The summed E-state index contributed by atoms with van der Waals surface area (Å²) in [4.78, 5) is 44.4. The van der Waals surface area contributed by atoms with Crippen molar-refractivity contribution in [1.29, 1.82) is 0 Å². The van der Waals surface area contributed by atoms with E-state index in [1.165, 1.54) is 11.6 Å². The van der Waals surface area contributed by atoms with E-state index in [2.05, 4.69) is 9.88 Å². The second-order valence-electron chi connectivity index (χ2n) is 8.81. The molecule has 36 heavy (non-hydrogen) atoms. The number of aromatic nitrogens is 3. The Morgan fingerprint density at radius 2 is 1.69 bits per heavy atom. The molecule has 1 aliphatic rings. The van der Waals surface area contributed by atoms with Crippen LogP contribution in [0.15, 0.2) is 64.2 Å². The van der Waals surface area contributed by atoms with E-state index < -0.39 is 0 Å². The standard InChI is InChI=1S/C26H26ClN5O4/c1-29-22-15-21(28-24(22)25(34)30(2)26(29)35)17-6-8-20(9-7-17)36-16-23(33)32-12-10-31(11-13-32)19-5-3-4-18(27)14-19/h3-9,14-15,28H,10-13,16H2,1-2H3. The molecule has 2 aromatic heterocycles. The summed E-state index contributed by atoms with van der Waals surface area (Å²) in [6, 6.07) is 16.8. The molecule has 9 nitrogen and oxygen atoms in total. The van der Waals surface area contributed by atoms with Gasteiger partial charge in [0.1, 0.15) is 11.3 Å². The molecule has 3 heterocycles. The van der Waals surface area contributed by atoms with Gasteiger partial charge >= 0.3 is 5.69 Å². The fourth-order valence-corrected chi connectivity index (χ4v) is 4.65.